The lowest BCUT2D eigenvalue weighted by Gasteiger charge is -1.94. The second-order valence-corrected chi connectivity index (χ2v) is 3.25. The summed E-state index contributed by atoms with van der Waals surface area (Å²) in [6.45, 7) is 0. The Kier molecular flexibility index (Phi) is 1.53. The Morgan fingerprint density at radius 3 is 3.00 bits per heavy atom. The van der Waals surface area contributed by atoms with Crippen LogP contribution in [0.4, 0.5) is 5.88 Å². The zero-order valence-corrected chi connectivity index (χ0v) is 7.77. The van der Waals surface area contributed by atoms with Gasteiger partial charge in [0.05, 0.1) is 17.4 Å². The fourth-order valence-corrected chi connectivity index (χ4v) is 1.52. The lowest BCUT2D eigenvalue weighted by Crippen LogP contribution is -1.78. The van der Waals surface area contributed by atoms with E-state index in [9.17, 15) is 0 Å². The second-order valence-electron chi connectivity index (χ2n) is 3.25. The highest BCUT2D eigenvalue weighted by Gasteiger charge is 2.05. The van der Waals surface area contributed by atoms with Crippen LogP contribution in [-0.4, -0.2) is 15.1 Å². The summed E-state index contributed by atoms with van der Waals surface area (Å²) in [5.41, 5.74) is 9.03. The Balaban J connectivity index is 2.18. The van der Waals surface area contributed by atoms with Gasteiger partial charge in [-0.3, -0.25) is 0 Å². The quantitative estimate of drug-likeness (QED) is 0.627. The Bertz CT molecular complexity index is 610. The molecule has 2 heterocycles. The van der Waals surface area contributed by atoms with E-state index in [1.165, 1.54) is 0 Å². The monoisotopic (exact) mass is 200 g/mol. The van der Waals surface area contributed by atoms with Gasteiger partial charge in [-0.1, -0.05) is 11.2 Å². The summed E-state index contributed by atoms with van der Waals surface area (Å²) in [4.78, 5) is 7.17. The number of nitrogen functional groups attached to an aromatic ring is 1. The van der Waals surface area contributed by atoms with Crippen molar-refractivity contribution in [3.05, 3.63) is 30.6 Å². The molecule has 3 aromatic rings. The number of hydrogen-bond donors (Lipinski definition) is 2. The number of H-pyrrole nitrogens is 1. The number of aromatic nitrogens is 3. The number of imidazole rings is 1. The van der Waals surface area contributed by atoms with Crippen molar-refractivity contribution in [1.29, 1.82) is 0 Å². The summed E-state index contributed by atoms with van der Waals surface area (Å²) in [5, 5.41) is 3.84. The van der Waals surface area contributed by atoms with Gasteiger partial charge in [0.2, 0.25) is 5.88 Å². The van der Waals surface area contributed by atoms with Gasteiger partial charge < -0.3 is 15.2 Å². The minimum absolute atomic E-state index is 0.315. The van der Waals surface area contributed by atoms with Gasteiger partial charge >= 0.3 is 0 Å². The fraction of sp³-hybridized carbons (Fsp3) is 0. The molecule has 0 atom stereocenters. The maximum Gasteiger partial charge on any atom is 0.222 e. The Morgan fingerprint density at radius 1 is 1.27 bits per heavy atom. The zero-order chi connectivity index (χ0) is 10.3. The molecule has 15 heavy (non-hydrogen) atoms. The van der Waals surface area contributed by atoms with Crippen LogP contribution in [0.3, 0.4) is 0 Å². The van der Waals surface area contributed by atoms with Crippen LogP contribution in [0.1, 0.15) is 0 Å². The van der Waals surface area contributed by atoms with Crippen LogP contribution >= 0.6 is 0 Å². The number of hydrogen-bond acceptors (Lipinski definition) is 4. The van der Waals surface area contributed by atoms with Crippen molar-refractivity contribution in [1.82, 2.24) is 15.1 Å². The Labute approximate surface area is 84.9 Å². The lowest BCUT2D eigenvalue weighted by molar-refractivity contribution is 0.439. The number of benzene rings is 1. The van der Waals surface area contributed by atoms with Crippen LogP contribution in [0.5, 0.6) is 0 Å². The SMILES string of the molecule is Nc1cc(-c2ccc3nc[nH]c3c2)no1. The molecule has 0 radical (unpaired) electrons. The summed E-state index contributed by atoms with van der Waals surface area (Å²) in [6.07, 6.45) is 1.66. The van der Waals surface area contributed by atoms with E-state index in [1.807, 2.05) is 18.2 Å². The molecule has 0 saturated heterocycles. The number of nitrogens with two attached hydrogens (primary N) is 1. The average molecular weight is 200 g/mol. The van der Waals surface area contributed by atoms with E-state index in [0.717, 1.165) is 22.3 Å². The number of aromatic amines is 1. The number of nitrogens with zero attached hydrogens (tertiary/aromatic N) is 2. The minimum atomic E-state index is 0.315. The molecule has 0 aliphatic carbocycles. The first-order valence-electron chi connectivity index (χ1n) is 4.48. The van der Waals surface area contributed by atoms with E-state index in [2.05, 4.69) is 15.1 Å². The van der Waals surface area contributed by atoms with Gasteiger partial charge in [-0.15, -0.1) is 0 Å². The highest BCUT2D eigenvalue weighted by Crippen LogP contribution is 2.22. The van der Waals surface area contributed by atoms with Crippen LogP contribution in [0.25, 0.3) is 22.3 Å². The molecule has 0 aliphatic rings. The number of fused-ring (bicyclic) bond motifs is 1. The van der Waals surface area contributed by atoms with E-state index in [1.54, 1.807) is 12.4 Å². The Morgan fingerprint density at radius 2 is 2.20 bits per heavy atom. The average Bonchev–Trinajstić information content (AvgIpc) is 2.84. The fourth-order valence-electron chi connectivity index (χ4n) is 1.52. The Hall–Kier alpha value is -2.30. The van der Waals surface area contributed by atoms with Gasteiger partial charge in [0.15, 0.2) is 0 Å². The van der Waals surface area contributed by atoms with Crippen LogP contribution in [0.15, 0.2) is 35.1 Å². The van der Waals surface area contributed by atoms with Crippen molar-refractivity contribution in [2.24, 2.45) is 0 Å². The number of rotatable bonds is 1. The number of nitrogens with one attached hydrogen (secondary N) is 1. The van der Waals surface area contributed by atoms with E-state index in [-0.39, 0.29) is 0 Å². The highest BCUT2D eigenvalue weighted by molar-refractivity contribution is 5.80. The van der Waals surface area contributed by atoms with Crippen molar-refractivity contribution in [2.75, 3.05) is 5.73 Å². The molecule has 3 rings (SSSR count). The van der Waals surface area contributed by atoms with Crippen LogP contribution in [0.2, 0.25) is 0 Å². The molecular formula is C10H8N4O. The van der Waals surface area contributed by atoms with Gasteiger partial charge in [-0.25, -0.2) is 4.98 Å². The number of anilines is 1. The molecule has 74 valence electrons. The maximum atomic E-state index is 5.46. The van der Waals surface area contributed by atoms with E-state index < -0.39 is 0 Å². The minimum Gasteiger partial charge on any atom is -0.368 e. The third kappa shape index (κ3) is 1.25. The first-order chi connectivity index (χ1) is 7.33. The van der Waals surface area contributed by atoms with Crippen molar-refractivity contribution in [3.63, 3.8) is 0 Å². The van der Waals surface area contributed by atoms with Crippen molar-refractivity contribution < 1.29 is 4.52 Å². The van der Waals surface area contributed by atoms with Gasteiger partial charge in [-0.05, 0) is 12.1 Å². The predicted octanol–water partition coefficient (Wildman–Crippen LogP) is 1.80. The highest BCUT2D eigenvalue weighted by atomic mass is 16.5. The molecule has 3 N–H and O–H groups in total. The first kappa shape index (κ1) is 8.05. The van der Waals surface area contributed by atoms with Gasteiger partial charge in [0.25, 0.3) is 0 Å². The molecule has 5 heteroatoms. The molecule has 0 aliphatic heterocycles. The summed E-state index contributed by atoms with van der Waals surface area (Å²) in [5.74, 6) is 0.315. The topological polar surface area (TPSA) is 80.7 Å². The molecule has 1 aromatic carbocycles. The molecule has 0 bridgehead atoms. The summed E-state index contributed by atoms with van der Waals surface area (Å²) >= 11 is 0. The zero-order valence-electron chi connectivity index (χ0n) is 7.77. The van der Waals surface area contributed by atoms with Gasteiger partial charge in [-0.2, -0.15) is 0 Å². The molecular weight excluding hydrogens is 192 g/mol. The molecule has 0 fully saturated rings. The standard InChI is InChI=1S/C10H8N4O/c11-10-4-8(14-15-10)6-1-2-7-9(3-6)13-5-12-7/h1-5H,11H2,(H,12,13). The van der Waals surface area contributed by atoms with Crippen molar-refractivity contribution >= 4 is 16.9 Å². The van der Waals surface area contributed by atoms with Crippen LogP contribution in [0, 0.1) is 0 Å². The van der Waals surface area contributed by atoms with E-state index >= 15 is 0 Å². The first-order valence-corrected chi connectivity index (χ1v) is 4.48. The lowest BCUT2D eigenvalue weighted by atomic mass is 10.1. The summed E-state index contributed by atoms with van der Waals surface area (Å²) < 4.78 is 4.81. The third-order valence-corrected chi connectivity index (χ3v) is 2.24. The van der Waals surface area contributed by atoms with Crippen LogP contribution in [-0.2, 0) is 0 Å². The molecule has 0 unspecified atom stereocenters. The predicted molar refractivity (Wildman–Crippen MR) is 56.0 cm³/mol. The second kappa shape index (κ2) is 2.84. The van der Waals surface area contributed by atoms with Crippen LogP contribution < -0.4 is 5.73 Å². The maximum absolute atomic E-state index is 5.46. The smallest absolute Gasteiger partial charge is 0.222 e. The van der Waals surface area contributed by atoms with Gasteiger partial charge in [0.1, 0.15) is 5.69 Å². The summed E-state index contributed by atoms with van der Waals surface area (Å²) in [6, 6.07) is 7.50. The van der Waals surface area contributed by atoms with E-state index in [4.69, 9.17) is 10.3 Å². The molecule has 2 aromatic heterocycles. The molecule has 5 nitrogen and oxygen atoms in total. The molecule has 0 spiro atoms. The molecule has 0 saturated carbocycles. The normalized spacial score (nSPS) is 10.9. The summed E-state index contributed by atoms with van der Waals surface area (Å²) in [7, 11) is 0. The largest absolute Gasteiger partial charge is 0.368 e. The van der Waals surface area contributed by atoms with Crippen molar-refractivity contribution in [2.45, 2.75) is 0 Å². The van der Waals surface area contributed by atoms with Gasteiger partial charge in [0, 0.05) is 11.6 Å². The third-order valence-electron chi connectivity index (χ3n) is 2.24. The van der Waals surface area contributed by atoms with Crippen molar-refractivity contribution in [3.8, 4) is 11.3 Å². The van der Waals surface area contributed by atoms with E-state index in [0.29, 0.717) is 5.88 Å². The molecule has 0 amide bonds.